The van der Waals surface area contributed by atoms with Crippen LogP contribution in [0.1, 0.15) is 42.4 Å². The maximum atomic E-state index is 12.1. The molecule has 1 aromatic heterocycles. The van der Waals surface area contributed by atoms with Crippen molar-refractivity contribution in [3.05, 3.63) is 17.2 Å². The molecule has 0 fully saturated rings. The molecule has 1 atom stereocenters. The minimum Gasteiger partial charge on any atom is -0.481 e. The smallest absolute Gasteiger partial charge is 0.389 e. The molecule has 0 spiro atoms. The fraction of sp³-hybridized carbons (Fsp3) is 0.636. The third-order valence-corrected chi connectivity index (χ3v) is 3.05. The number of imidazole rings is 1. The van der Waals surface area contributed by atoms with Gasteiger partial charge in [0.15, 0.2) is 0 Å². The number of nitrogens with zero attached hydrogens (tertiary/aromatic N) is 1. The summed E-state index contributed by atoms with van der Waals surface area (Å²) in [5.41, 5.74) is 1.08. The van der Waals surface area contributed by atoms with E-state index in [4.69, 9.17) is 5.11 Å². The van der Waals surface area contributed by atoms with Crippen LogP contribution in [0.4, 0.5) is 13.2 Å². The number of rotatable bonds is 3. The van der Waals surface area contributed by atoms with Crippen molar-refractivity contribution >= 4 is 5.97 Å². The molecule has 18 heavy (non-hydrogen) atoms. The molecule has 0 aromatic carbocycles. The van der Waals surface area contributed by atoms with E-state index in [-0.39, 0.29) is 12.2 Å². The largest absolute Gasteiger partial charge is 0.481 e. The molecule has 7 heteroatoms. The van der Waals surface area contributed by atoms with Gasteiger partial charge in [0.2, 0.25) is 0 Å². The van der Waals surface area contributed by atoms with Crippen molar-refractivity contribution in [3.8, 4) is 0 Å². The van der Waals surface area contributed by atoms with Crippen LogP contribution in [0.2, 0.25) is 0 Å². The molecule has 1 heterocycles. The highest BCUT2D eigenvalue weighted by Crippen LogP contribution is 2.31. The molecular formula is C11H13F3N2O2. The van der Waals surface area contributed by atoms with Gasteiger partial charge in [0.05, 0.1) is 12.1 Å². The predicted molar refractivity (Wildman–Crippen MR) is 56.3 cm³/mol. The van der Waals surface area contributed by atoms with Gasteiger partial charge in [0.1, 0.15) is 11.7 Å². The van der Waals surface area contributed by atoms with E-state index in [1.807, 2.05) is 0 Å². The maximum absolute atomic E-state index is 12.1. The van der Waals surface area contributed by atoms with Crippen LogP contribution in [-0.4, -0.2) is 27.2 Å². The first-order chi connectivity index (χ1) is 8.37. The molecule has 4 nitrogen and oxygen atoms in total. The molecule has 0 saturated carbocycles. The average molecular weight is 262 g/mol. The van der Waals surface area contributed by atoms with Crippen molar-refractivity contribution in [2.45, 2.75) is 44.2 Å². The van der Waals surface area contributed by atoms with Gasteiger partial charge in [-0.1, -0.05) is 0 Å². The second kappa shape index (κ2) is 4.62. The molecule has 0 aliphatic heterocycles. The molecule has 1 aliphatic carbocycles. The van der Waals surface area contributed by atoms with Gasteiger partial charge in [-0.15, -0.1) is 0 Å². The Morgan fingerprint density at radius 3 is 2.83 bits per heavy atom. The van der Waals surface area contributed by atoms with E-state index >= 15 is 0 Å². The van der Waals surface area contributed by atoms with Gasteiger partial charge < -0.3 is 10.1 Å². The Kier molecular flexibility index (Phi) is 3.32. The number of carbonyl (C=O) groups is 1. The van der Waals surface area contributed by atoms with Crippen molar-refractivity contribution in [3.63, 3.8) is 0 Å². The normalized spacial score (nSPS) is 19.6. The van der Waals surface area contributed by atoms with Crippen molar-refractivity contribution in [1.82, 2.24) is 9.97 Å². The second-order valence-corrected chi connectivity index (χ2v) is 4.45. The highest BCUT2D eigenvalue weighted by molar-refractivity contribution is 5.76. The summed E-state index contributed by atoms with van der Waals surface area (Å²) in [5.74, 6) is -1.43. The Labute approximate surface area is 101 Å². The number of aliphatic carboxylic acids is 1. The van der Waals surface area contributed by atoms with Crippen LogP contribution in [0.25, 0.3) is 0 Å². The SMILES string of the molecule is O=C(O)C1CCCc2[nH]c(CCC(F)(F)F)nc21. The highest BCUT2D eigenvalue weighted by atomic mass is 19.4. The maximum Gasteiger partial charge on any atom is 0.389 e. The number of hydrogen-bond donors (Lipinski definition) is 2. The van der Waals surface area contributed by atoms with E-state index in [1.165, 1.54) is 0 Å². The van der Waals surface area contributed by atoms with Crippen LogP contribution in [0.5, 0.6) is 0 Å². The zero-order valence-electron chi connectivity index (χ0n) is 9.55. The number of alkyl halides is 3. The minimum absolute atomic E-state index is 0.227. The zero-order chi connectivity index (χ0) is 13.3. The Hall–Kier alpha value is -1.53. The number of carboxylic acids is 1. The van der Waals surface area contributed by atoms with Crippen molar-refractivity contribution in [1.29, 1.82) is 0 Å². The summed E-state index contributed by atoms with van der Waals surface area (Å²) in [6.07, 6.45) is -3.55. The molecule has 1 aliphatic rings. The molecule has 100 valence electrons. The van der Waals surface area contributed by atoms with Crippen LogP contribution in [0.3, 0.4) is 0 Å². The number of aryl methyl sites for hydroxylation is 2. The third-order valence-electron chi connectivity index (χ3n) is 3.05. The number of fused-ring (bicyclic) bond motifs is 1. The number of aromatic nitrogens is 2. The van der Waals surface area contributed by atoms with Gasteiger partial charge in [-0.25, -0.2) is 4.98 Å². The number of hydrogen-bond acceptors (Lipinski definition) is 2. The molecular weight excluding hydrogens is 249 g/mol. The lowest BCUT2D eigenvalue weighted by Gasteiger charge is -2.16. The summed E-state index contributed by atoms with van der Waals surface area (Å²) in [5, 5.41) is 9.02. The van der Waals surface area contributed by atoms with Gasteiger partial charge in [-0.3, -0.25) is 4.79 Å². The number of carboxylic acid groups (broad SMARTS) is 1. The van der Waals surface area contributed by atoms with E-state index in [0.717, 1.165) is 0 Å². The number of nitrogens with one attached hydrogen (secondary N) is 1. The first kappa shape index (κ1) is 12.9. The predicted octanol–water partition coefficient (Wildman–Crippen LogP) is 2.41. The quantitative estimate of drug-likeness (QED) is 0.879. The van der Waals surface area contributed by atoms with E-state index in [2.05, 4.69) is 9.97 Å². The Balaban J connectivity index is 2.14. The lowest BCUT2D eigenvalue weighted by Crippen LogP contribution is -2.17. The van der Waals surface area contributed by atoms with Crippen LogP contribution >= 0.6 is 0 Å². The molecule has 0 bridgehead atoms. The highest BCUT2D eigenvalue weighted by Gasteiger charge is 2.31. The van der Waals surface area contributed by atoms with E-state index in [1.54, 1.807) is 0 Å². The Morgan fingerprint density at radius 2 is 2.22 bits per heavy atom. The van der Waals surface area contributed by atoms with E-state index in [9.17, 15) is 18.0 Å². The van der Waals surface area contributed by atoms with E-state index in [0.29, 0.717) is 30.7 Å². The number of H-pyrrole nitrogens is 1. The first-order valence-corrected chi connectivity index (χ1v) is 5.74. The van der Waals surface area contributed by atoms with Crippen molar-refractivity contribution < 1.29 is 23.1 Å². The van der Waals surface area contributed by atoms with Gasteiger partial charge in [0.25, 0.3) is 0 Å². The topological polar surface area (TPSA) is 66.0 Å². The van der Waals surface area contributed by atoms with Crippen molar-refractivity contribution in [2.24, 2.45) is 0 Å². The van der Waals surface area contributed by atoms with E-state index < -0.39 is 24.5 Å². The summed E-state index contributed by atoms with van der Waals surface area (Å²) >= 11 is 0. The van der Waals surface area contributed by atoms with Crippen LogP contribution in [0, 0.1) is 0 Å². The van der Waals surface area contributed by atoms with Gasteiger partial charge in [-0.05, 0) is 19.3 Å². The molecule has 1 unspecified atom stereocenters. The molecule has 1 aromatic rings. The second-order valence-electron chi connectivity index (χ2n) is 4.45. The summed E-state index contributed by atoms with van der Waals surface area (Å²) in [7, 11) is 0. The van der Waals surface area contributed by atoms with Crippen LogP contribution in [0.15, 0.2) is 0 Å². The van der Waals surface area contributed by atoms with Gasteiger partial charge >= 0.3 is 12.1 Å². The fourth-order valence-corrected chi connectivity index (χ4v) is 2.20. The fourth-order valence-electron chi connectivity index (χ4n) is 2.20. The number of aromatic amines is 1. The third kappa shape index (κ3) is 2.83. The lowest BCUT2D eigenvalue weighted by molar-refractivity contribution is -0.139. The Bertz CT molecular complexity index is 454. The molecule has 0 saturated heterocycles. The molecule has 2 N–H and O–H groups in total. The Morgan fingerprint density at radius 1 is 1.50 bits per heavy atom. The van der Waals surface area contributed by atoms with Gasteiger partial charge in [-0.2, -0.15) is 13.2 Å². The molecule has 0 radical (unpaired) electrons. The molecule has 0 amide bonds. The zero-order valence-corrected chi connectivity index (χ0v) is 9.55. The standard InChI is InChI=1S/C11H13F3N2O2/c12-11(13,14)5-4-8-15-7-3-1-2-6(10(17)18)9(7)16-8/h6H,1-5H2,(H,15,16)(H,17,18). The van der Waals surface area contributed by atoms with Crippen LogP contribution < -0.4 is 0 Å². The summed E-state index contributed by atoms with van der Waals surface area (Å²) in [4.78, 5) is 17.8. The number of halogens is 3. The summed E-state index contributed by atoms with van der Waals surface area (Å²) in [6.45, 7) is 0. The molecule has 2 rings (SSSR count). The summed E-state index contributed by atoms with van der Waals surface area (Å²) in [6, 6.07) is 0. The van der Waals surface area contributed by atoms with Crippen molar-refractivity contribution in [2.75, 3.05) is 0 Å². The summed E-state index contributed by atoms with van der Waals surface area (Å²) < 4.78 is 36.3. The monoisotopic (exact) mass is 262 g/mol. The lowest BCUT2D eigenvalue weighted by atomic mass is 9.90. The first-order valence-electron chi connectivity index (χ1n) is 5.74. The average Bonchev–Trinajstić information content (AvgIpc) is 2.67. The van der Waals surface area contributed by atoms with Gasteiger partial charge in [0, 0.05) is 12.1 Å². The van der Waals surface area contributed by atoms with Crippen LogP contribution in [-0.2, 0) is 17.6 Å². The minimum atomic E-state index is -4.22.